The second kappa shape index (κ2) is 5.89. The van der Waals surface area contributed by atoms with E-state index in [0.29, 0.717) is 28.2 Å². The first kappa shape index (κ1) is 13.6. The molecule has 0 aliphatic rings. The van der Waals surface area contributed by atoms with Crippen LogP contribution >= 0.6 is 0 Å². The summed E-state index contributed by atoms with van der Waals surface area (Å²) in [5.41, 5.74) is 1.18. The van der Waals surface area contributed by atoms with Crippen molar-refractivity contribution in [2.24, 2.45) is 0 Å². The molecular formula is C16H13NO3. The maximum absolute atomic E-state index is 12.5. The molecule has 0 bridgehead atoms. The van der Waals surface area contributed by atoms with Crippen molar-refractivity contribution in [1.82, 2.24) is 0 Å². The molecule has 0 unspecified atom stereocenters. The number of ether oxygens (including phenoxy) is 2. The van der Waals surface area contributed by atoms with E-state index in [0.717, 1.165) is 0 Å². The van der Waals surface area contributed by atoms with Crippen molar-refractivity contribution in [2.75, 3.05) is 14.2 Å². The van der Waals surface area contributed by atoms with E-state index in [4.69, 9.17) is 14.7 Å². The number of methoxy groups -OCH3 is 2. The Bertz CT molecular complexity index is 672. The van der Waals surface area contributed by atoms with Crippen LogP contribution in [0.25, 0.3) is 0 Å². The molecule has 2 rings (SSSR count). The highest BCUT2D eigenvalue weighted by Gasteiger charge is 2.18. The van der Waals surface area contributed by atoms with E-state index in [1.807, 2.05) is 12.1 Å². The SMILES string of the molecule is COc1cc(OC)c(C(=O)c2ccccc2)cc1C#N. The van der Waals surface area contributed by atoms with Crippen molar-refractivity contribution in [1.29, 1.82) is 5.26 Å². The Morgan fingerprint density at radius 3 is 2.25 bits per heavy atom. The maximum Gasteiger partial charge on any atom is 0.196 e. The van der Waals surface area contributed by atoms with E-state index < -0.39 is 0 Å². The molecule has 0 saturated carbocycles. The highest BCUT2D eigenvalue weighted by molar-refractivity contribution is 6.11. The Kier molecular flexibility index (Phi) is 4.02. The first-order valence-electron chi connectivity index (χ1n) is 5.97. The van der Waals surface area contributed by atoms with Crippen molar-refractivity contribution >= 4 is 5.78 Å². The van der Waals surface area contributed by atoms with Crippen LogP contribution in [0.5, 0.6) is 11.5 Å². The van der Waals surface area contributed by atoms with Crippen LogP contribution in [0.15, 0.2) is 42.5 Å². The zero-order valence-electron chi connectivity index (χ0n) is 11.2. The predicted molar refractivity (Wildman–Crippen MR) is 74.1 cm³/mol. The molecule has 20 heavy (non-hydrogen) atoms. The van der Waals surface area contributed by atoms with Crippen molar-refractivity contribution in [2.45, 2.75) is 0 Å². The second-order valence-electron chi connectivity index (χ2n) is 4.06. The molecule has 4 nitrogen and oxygen atoms in total. The topological polar surface area (TPSA) is 59.3 Å². The minimum absolute atomic E-state index is 0.193. The molecule has 0 saturated heterocycles. The standard InChI is InChI=1S/C16H13NO3/c1-19-14-9-15(20-2)13(8-12(14)10-17)16(18)11-6-4-3-5-7-11/h3-9H,1-2H3. The van der Waals surface area contributed by atoms with Gasteiger partial charge in [0, 0.05) is 11.6 Å². The lowest BCUT2D eigenvalue weighted by molar-refractivity contribution is 0.103. The minimum Gasteiger partial charge on any atom is -0.496 e. The van der Waals surface area contributed by atoms with Gasteiger partial charge in [-0.15, -0.1) is 0 Å². The Hall–Kier alpha value is -2.80. The van der Waals surface area contributed by atoms with E-state index in [-0.39, 0.29) is 5.78 Å². The highest BCUT2D eigenvalue weighted by Crippen LogP contribution is 2.30. The Balaban J connectivity index is 2.56. The van der Waals surface area contributed by atoms with Gasteiger partial charge in [0.15, 0.2) is 5.78 Å². The fourth-order valence-electron chi connectivity index (χ4n) is 1.91. The minimum atomic E-state index is -0.193. The summed E-state index contributed by atoms with van der Waals surface area (Å²) in [7, 11) is 2.94. The predicted octanol–water partition coefficient (Wildman–Crippen LogP) is 2.81. The molecule has 0 heterocycles. The highest BCUT2D eigenvalue weighted by atomic mass is 16.5. The fourth-order valence-corrected chi connectivity index (χ4v) is 1.91. The van der Waals surface area contributed by atoms with Gasteiger partial charge in [0.2, 0.25) is 0 Å². The van der Waals surface area contributed by atoms with Gasteiger partial charge in [0.1, 0.15) is 17.6 Å². The third-order valence-electron chi connectivity index (χ3n) is 2.92. The average molecular weight is 267 g/mol. The Labute approximate surface area is 117 Å². The summed E-state index contributed by atoms with van der Waals surface area (Å²) in [5.74, 6) is 0.574. The summed E-state index contributed by atoms with van der Waals surface area (Å²) >= 11 is 0. The lowest BCUT2D eigenvalue weighted by Gasteiger charge is -2.11. The van der Waals surface area contributed by atoms with E-state index in [1.54, 1.807) is 30.3 Å². The molecule has 2 aromatic carbocycles. The number of ketones is 1. The van der Waals surface area contributed by atoms with Gasteiger partial charge in [0.25, 0.3) is 0 Å². The smallest absolute Gasteiger partial charge is 0.196 e. The number of carbonyl (C=O) groups excluding carboxylic acids is 1. The molecule has 0 atom stereocenters. The normalized spacial score (nSPS) is 9.65. The van der Waals surface area contributed by atoms with Gasteiger partial charge >= 0.3 is 0 Å². The maximum atomic E-state index is 12.5. The fraction of sp³-hybridized carbons (Fsp3) is 0.125. The number of nitrogens with zero attached hydrogens (tertiary/aromatic N) is 1. The average Bonchev–Trinajstić information content (AvgIpc) is 2.53. The third-order valence-corrected chi connectivity index (χ3v) is 2.92. The van der Waals surface area contributed by atoms with E-state index >= 15 is 0 Å². The van der Waals surface area contributed by atoms with Crippen LogP contribution in [0, 0.1) is 11.3 Å². The van der Waals surface area contributed by atoms with Crippen LogP contribution in [0.3, 0.4) is 0 Å². The molecule has 0 N–H and O–H groups in total. The second-order valence-corrected chi connectivity index (χ2v) is 4.06. The zero-order valence-corrected chi connectivity index (χ0v) is 11.2. The van der Waals surface area contributed by atoms with Gasteiger partial charge in [-0.25, -0.2) is 0 Å². The molecule has 100 valence electrons. The lowest BCUT2D eigenvalue weighted by Crippen LogP contribution is -2.05. The van der Waals surface area contributed by atoms with Crippen LogP contribution in [0.4, 0.5) is 0 Å². The summed E-state index contributed by atoms with van der Waals surface area (Å²) in [4.78, 5) is 12.5. The van der Waals surface area contributed by atoms with Crippen molar-refractivity contribution in [3.05, 3.63) is 59.2 Å². The van der Waals surface area contributed by atoms with Crippen molar-refractivity contribution in [3.8, 4) is 17.6 Å². The largest absolute Gasteiger partial charge is 0.496 e. The summed E-state index contributed by atoms with van der Waals surface area (Å²) in [6, 6.07) is 13.9. The van der Waals surface area contributed by atoms with Crippen LogP contribution in [-0.2, 0) is 0 Å². The summed E-state index contributed by atoms with van der Waals surface area (Å²) in [6.45, 7) is 0. The quantitative estimate of drug-likeness (QED) is 0.799. The van der Waals surface area contributed by atoms with E-state index in [2.05, 4.69) is 0 Å². The van der Waals surface area contributed by atoms with Crippen LogP contribution in [-0.4, -0.2) is 20.0 Å². The Morgan fingerprint density at radius 1 is 1.05 bits per heavy atom. The molecule has 0 radical (unpaired) electrons. The number of nitriles is 1. The number of rotatable bonds is 4. The number of hydrogen-bond donors (Lipinski definition) is 0. The van der Waals surface area contributed by atoms with Gasteiger partial charge in [-0.3, -0.25) is 4.79 Å². The molecule has 0 amide bonds. The van der Waals surface area contributed by atoms with Crippen LogP contribution in [0.2, 0.25) is 0 Å². The number of benzene rings is 2. The molecule has 0 aromatic heterocycles. The number of hydrogen-bond acceptors (Lipinski definition) is 4. The Morgan fingerprint density at radius 2 is 1.70 bits per heavy atom. The van der Waals surface area contributed by atoms with Crippen LogP contribution in [0.1, 0.15) is 21.5 Å². The van der Waals surface area contributed by atoms with Gasteiger partial charge in [-0.05, 0) is 6.07 Å². The summed E-state index contributed by atoms with van der Waals surface area (Å²) in [5, 5.41) is 9.11. The monoisotopic (exact) mass is 267 g/mol. The molecule has 4 heteroatoms. The first-order valence-corrected chi connectivity index (χ1v) is 5.97. The van der Waals surface area contributed by atoms with Gasteiger partial charge in [-0.1, -0.05) is 30.3 Å². The van der Waals surface area contributed by atoms with Crippen molar-refractivity contribution < 1.29 is 14.3 Å². The van der Waals surface area contributed by atoms with E-state index in [1.165, 1.54) is 20.3 Å². The molecule has 0 spiro atoms. The van der Waals surface area contributed by atoms with Crippen molar-refractivity contribution in [3.63, 3.8) is 0 Å². The molecule has 0 fully saturated rings. The molecule has 0 aliphatic carbocycles. The third kappa shape index (κ3) is 2.47. The molecular weight excluding hydrogens is 254 g/mol. The van der Waals surface area contributed by atoms with Gasteiger partial charge < -0.3 is 9.47 Å². The van der Waals surface area contributed by atoms with Gasteiger partial charge in [0.05, 0.1) is 25.3 Å². The molecule has 2 aromatic rings. The van der Waals surface area contributed by atoms with E-state index in [9.17, 15) is 4.79 Å². The summed E-state index contributed by atoms with van der Waals surface area (Å²) < 4.78 is 10.3. The first-order chi connectivity index (χ1) is 9.71. The molecule has 0 aliphatic heterocycles. The summed E-state index contributed by atoms with van der Waals surface area (Å²) in [6.07, 6.45) is 0. The van der Waals surface area contributed by atoms with Crippen LogP contribution < -0.4 is 9.47 Å². The number of carbonyl (C=O) groups is 1. The zero-order chi connectivity index (χ0) is 14.5. The van der Waals surface area contributed by atoms with Gasteiger partial charge in [-0.2, -0.15) is 5.26 Å². The lowest BCUT2D eigenvalue weighted by atomic mass is 10.00.